The van der Waals surface area contributed by atoms with Crippen LogP contribution in [-0.2, 0) is 0 Å². The minimum Gasteiger partial charge on any atom is -0.315 e. The fourth-order valence-corrected chi connectivity index (χ4v) is 8.75. The van der Waals surface area contributed by atoms with Gasteiger partial charge in [-0.1, -0.05) is 152 Å². The molecule has 2 fully saturated rings. The summed E-state index contributed by atoms with van der Waals surface area (Å²) in [4.78, 5) is 4.89. The molecule has 3 aromatic rings. The third-order valence-corrected chi connectivity index (χ3v) is 12.3. The Kier molecular flexibility index (Phi) is 9.52. The number of hydrogen-bond acceptors (Lipinski definition) is 2. The highest BCUT2D eigenvalue weighted by Crippen LogP contribution is 2.59. The van der Waals surface area contributed by atoms with Crippen molar-refractivity contribution in [2.75, 3.05) is 9.80 Å². The largest absolute Gasteiger partial charge is 0.315 e. The topological polar surface area (TPSA) is 6.48 Å². The van der Waals surface area contributed by atoms with Gasteiger partial charge in [0.2, 0.25) is 0 Å². The zero-order chi connectivity index (χ0) is 37.2. The van der Waals surface area contributed by atoms with E-state index in [1.165, 1.54) is 63.7 Å². The number of rotatable bonds is 10. The molecule has 0 N–H and O–H groups in total. The van der Waals surface area contributed by atoms with Crippen molar-refractivity contribution in [3.05, 3.63) is 216 Å². The third kappa shape index (κ3) is 7.69. The Morgan fingerprint density at radius 1 is 0.691 bits per heavy atom. The smallest absolute Gasteiger partial charge is 0.0461 e. The number of nitrogens with zero attached hydrogens (tertiary/aromatic N) is 2. The van der Waals surface area contributed by atoms with Crippen LogP contribution in [-0.4, -0.2) is 0 Å². The van der Waals surface area contributed by atoms with E-state index in [4.69, 9.17) is 0 Å². The van der Waals surface area contributed by atoms with Gasteiger partial charge in [0.25, 0.3) is 0 Å². The van der Waals surface area contributed by atoms with Gasteiger partial charge in [0.1, 0.15) is 0 Å². The van der Waals surface area contributed by atoms with E-state index >= 15 is 0 Å². The van der Waals surface area contributed by atoms with Crippen LogP contribution in [0.3, 0.4) is 0 Å². The molecule has 55 heavy (non-hydrogen) atoms. The first-order valence-electron chi connectivity index (χ1n) is 20.3. The zero-order valence-electron chi connectivity index (χ0n) is 32.3. The highest BCUT2D eigenvalue weighted by atomic mass is 15.2. The molecule has 0 saturated heterocycles. The van der Waals surface area contributed by atoms with Crippen LogP contribution in [0.15, 0.2) is 210 Å². The summed E-state index contributed by atoms with van der Waals surface area (Å²) in [6, 6.07) is 30.6. The summed E-state index contributed by atoms with van der Waals surface area (Å²) in [5, 5.41) is 0. The number of para-hydroxylation sites is 2. The predicted molar refractivity (Wildman–Crippen MR) is 233 cm³/mol. The van der Waals surface area contributed by atoms with E-state index in [2.05, 4.69) is 212 Å². The van der Waals surface area contributed by atoms with E-state index in [1.807, 2.05) is 0 Å². The summed E-state index contributed by atoms with van der Waals surface area (Å²) < 4.78 is 0. The fourth-order valence-electron chi connectivity index (χ4n) is 8.75. The SMILES string of the molecule is C/C1=C/C(N(c2ccccc2)c2ccc(/C=C/C3C=CC(/C=C/C45C=CCC(N(C6=CC7(C)CC7C=C6)c6ccccc6)=CC4C5)=CC3)cc2)=C\C/C=C\C1. The van der Waals surface area contributed by atoms with E-state index in [-0.39, 0.29) is 5.41 Å². The molecule has 0 radical (unpaired) electrons. The molecule has 9 rings (SSSR count). The maximum atomic E-state index is 2.57. The first-order valence-corrected chi connectivity index (χ1v) is 20.3. The van der Waals surface area contributed by atoms with Gasteiger partial charge in [0.05, 0.1) is 0 Å². The highest BCUT2D eigenvalue weighted by Gasteiger charge is 2.51. The summed E-state index contributed by atoms with van der Waals surface area (Å²) in [5.41, 5.74) is 11.9. The van der Waals surface area contributed by atoms with Crippen molar-refractivity contribution in [1.29, 1.82) is 0 Å². The van der Waals surface area contributed by atoms with E-state index in [0.29, 0.717) is 23.2 Å². The van der Waals surface area contributed by atoms with E-state index < -0.39 is 0 Å². The van der Waals surface area contributed by atoms with Crippen LogP contribution in [0.2, 0.25) is 0 Å². The van der Waals surface area contributed by atoms with Crippen LogP contribution in [0.25, 0.3) is 6.08 Å². The molecule has 0 heterocycles. The molecular formula is C53H52N2. The van der Waals surface area contributed by atoms with Gasteiger partial charge in [0.15, 0.2) is 0 Å². The lowest BCUT2D eigenvalue weighted by Crippen LogP contribution is -2.23. The van der Waals surface area contributed by atoms with Crippen LogP contribution in [0.4, 0.5) is 17.1 Å². The minimum atomic E-state index is 0.125. The van der Waals surface area contributed by atoms with Gasteiger partial charge in [0, 0.05) is 46.0 Å². The third-order valence-electron chi connectivity index (χ3n) is 12.3. The van der Waals surface area contributed by atoms with Crippen molar-refractivity contribution in [1.82, 2.24) is 0 Å². The minimum absolute atomic E-state index is 0.125. The number of hydrogen-bond donors (Lipinski definition) is 0. The second-order valence-corrected chi connectivity index (χ2v) is 16.6. The zero-order valence-corrected chi connectivity index (χ0v) is 32.3. The number of benzene rings is 3. The first kappa shape index (κ1) is 35.1. The molecule has 5 unspecified atom stereocenters. The van der Waals surface area contributed by atoms with Gasteiger partial charge in [-0.05, 0) is 122 Å². The normalized spacial score (nSPS) is 30.3. The lowest BCUT2D eigenvalue weighted by molar-refractivity contribution is 0.679. The number of anilines is 3. The Hall–Kier alpha value is -5.60. The van der Waals surface area contributed by atoms with Crippen LogP contribution < -0.4 is 9.80 Å². The van der Waals surface area contributed by atoms with Crippen LogP contribution >= 0.6 is 0 Å². The lowest BCUT2D eigenvalue weighted by Gasteiger charge is -2.30. The molecule has 274 valence electrons. The maximum Gasteiger partial charge on any atom is 0.0461 e. The quantitative estimate of drug-likeness (QED) is 0.193. The summed E-state index contributed by atoms with van der Waals surface area (Å²) >= 11 is 0. The van der Waals surface area contributed by atoms with Gasteiger partial charge in [-0.15, -0.1) is 0 Å². The van der Waals surface area contributed by atoms with Crippen LogP contribution in [0.1, 0.15) is 57.9 Å². The summed E-state index contributed by atoms with van der Waals surface area (Å²) in [6.45, 7) is 4.62. The molecule has 3 aromatic carbocycles. The Morgan fingerprint density at radius 2 is 1.45 bits per heavy atom. The lowest BCUT2D eigenvalue weighted by atomic mass is 9.94. The molecule has 2 heteroatoms. The standard InChI is InChI=1S/C53H52N2/c1-40-13-6-3-11-18-49(35-40)54(46-14-7-4-8-15-46)48-29-26-42(27-30-48)21-20-41-22-24-43(25-23-41)32-34-53-33-12-19-50(36-45(53)38-53)55(47-16-9-5-10-17-47)51-31-28-44-37-52(44,2)39-51/h3-10,12,14-18,20-22,24-36,39,41,44-45H,11,13,19,23,37-38H2,1-2H3/b6-3-,21-20+,34-32+,40-35-,49-18+. The van der Waals surface area contributed by atoms with Crippen molar-refractivity contribution >= 4 is 23.1 Å². The molecule has 6 aliphatic carbocycles. The van der Waals surface area contributed by atoms with Gasteiger partial charge >= 0.3 is 0 Å². The molecule has 2 nitrogen and oxygen atoms in total. The van der Waals surface area contributed by atoms with Crippen molar-refractivity contribution in [2.45, 2.75) is 52.4 Å². The predicted octanol–water partition coefficient (Wildman–Crippen LogP) is 13.9. The van der Waals surface area contributed by atoms with Gasteiger partial charge in [-0.25, -0.2) is 0 Å². The summed E-state index contributed by atoms with van der Waals surface area (Å²) in [7, 11) is 0. The number of allylic oxidation sites excluding steroid dienone is 18. The Morgan fingerprint density at radius 3 is 2.20 bits per heavy atom. The van der Waals surface area contributed by atoms with E-state index in [1.54, 1.807) is 0 Å². The van der Waals surface area contributed by atoms with Crippen molar-refractivity contribution in [2.24, 2.45) is 28.6 Å². The van der Waals surface area contributed by atoms with Crippen molar-refractivity contribution < 1.29 is 0 Å². The fraction of sp³-hybridized carbons (Fsp3) is 0.245. The molecule has 0 amide bonds. The van der Waals surface area contributed by atoms with Gasteiger partial charge in [-0.3, -0.25) is 0 Å². The Bertz CT molecular complexity index is 2250. The number of fused-ring (bicyclic) bond motifs is 2. The first-order chi connectivity index (χ1) is 26.9. The van der Waals surface area contributed by atoms with Crippen molar-refractivity contribution in [3.8, 4) is 0 Å². The van der Waals surface area contributed by atoms with E-state index in [0.717, 1.165) is 25.7 Å². The maximum absolute atomic E-state index is 2.57. The van der Waals surface area contributed by atoms with Crippen LogP contribution in [0.5, 0.6) is 0 Å². The second kappa shape index (κ2) is 14.9. The summed E-state index contributed by atoms with van der Waals surface area (Å²) in [6.07, 6.45) is 46.8. The van der Waals surface area contributed by atoms with Crippen molar-refractivity contribution in [3.63, 3.8) is 0 Å². The van der Waals surface area contributed by atoms with Crippen LogP contribution in [0, 0.1) is 28.6 Å². The molecule has 0 bridgehead atoms. The van der Waals surface area contributed by atoms with E-state index in [9.17, 15) is 0 Å². The molecule has 6 aliphatic rings. The average Bonchev–Trinajstić information content (AvgIpc) is 4.10. The second-order valence-electron chi connectivity index (χ2n) is 16.6. The molecule has 5 atom stereocenters. The van der Waals surface area contributed by atoms with Gasteiger partial charge in [-0.2, -0.15) is 0 Å². The molecule has 0 spiro atoms. The molecular weight excluding hydrogens is 665 g/mol. The Labute approximate surface area is 328 Å². The monoisotopic (exact) mass is 716 g/mol. The molecule has 2 saturated carbocycles. The highest BCUT2D eigenvalue weighted by molar-refractivity contribution is 5.71. The molecule has 0 aliphatic heterocycles. The van der Waals surface area contributed by atoms with Gasteiger partial charge < -0.3 is 9.80 Å². The average molecular weight is 717 g/mol. The molecule has 0 aromatic heterocycles. The Balaban J connectivity index is 0.850. The summed E-state index contributed by atoms with van der Waals surface area (Å²) in [5.74, 6) is 1.64.